The van der Waals surface area contributed by atoms with Gasteiger partial charge in [-0.3, -0.25) is 4.79 Å². The number of alkyl halides is 5. The standard InChI is InChI=1S/C19H19F5N4O3S/c1-8-4-3-5-28(8)17(29)13-14(32-16(27-13)18(30)31)11-7-25-12(6-10(11)15(20)21)26-9(2)19(22,23)24/h6-9,15H,3-5H2,1-2H3,(H,25,26)(H,30,31)/t8-,9?/m0/s1. The topological polar surface area (TPSA) is 95.4 Å². The summed E-state index contributed by atoms with van der Waals surface area (Å²) in [5, 5.41) is 10.9. The predicted molar refractivity (Wildman–Crippen MR) is 106 cm³/mol. The summed E-state index contributed by atoms with van der Waals surface area (Å²) in [6, 6.07) is -1.41. The highest BCUT2D eigenvalue weighted by Gasteiger charge is 2.37. The molecule has 1 amide bonds. The fourth-order valence-electron chi connectivity index (χ4n) is 3.33. The van der Waals surface area contributed by atoms with Crippen molar-refractivity contribution < 1.29 is 36.6 Å². The lowest BCUT2D eigenvalue weighted by Gasteiger charge is -2.21. The molecule has 2 N–H and O–H groups in total. The molecule has 13 heteroatoms. The van der Waals surface area contributed by atoms with Gasteiger partial charge in [-0.25, -0.2) is 23.5 Å². The summed E-state index contributed by atoms with van der Waals surface area (Å²) >= 11 is 0.533. The molecule has 7 nitrogen and oxygen atoms in total. The fraction of sp³-hybridized carbons (Fsp3) is 0.474. The predicted octanol–water partition coefficient (Wildman–Crippen LogP) is 4.83. The van der Waals surface area contributed by atoms with E-state index in [1.165, 1.54) is 4.90 Å². The Balaban J connectivity index is 2.08. The summed E-state index contributed by atoms with van der Waals surface area (Å²) in [7, 11) is 0. The van der Waals surface area contributed by atoms with Crippen LogP contribution >= 0.6 is 11.3 Å². The molecule has 32 heavy (non-hydrogen) atoms. The van der Waals surface area contributed by atoms with E-state index in [9.17, 15) is 36.6 Å². The third-order valence-electron chi connectivity index (χ3n) is 5.10. The first-order valence-corrected chi connectivity index (χ1v) is 10.4. The minimum absolute atomic E-state index is 0.121. The summed E-state index contributed by atoms with van der Waals surface area (Å²) in [5.74, 6) is -2.46. The number of carbonyl (C=O) groups is 2. The van der Waals surface area contributed by atoms with E-state index in [-0.39, 0.29) is 22.2 Å². The molecule has 1 fully saturated rings. The summed E-state index contributed by atoms with van der Waals surface area (Å²) in [4.78, 5) is 33.5. The maximum atomic E-state index is 13.8. The van der Waals surface area contributed by atoms with Crippen molar-refractivity contribution in [1.82, 2.24) is 14.9 Å². The van der Waals surface area contributed by atoms with E-state index in [1.54, 1.807) is 0 Å². The Kier molecular flexibility index (Phi) is 6.67. The quantitative estimate of drug-likeness (QED) is 0.578. The van der Waals surface area contributed by atoms with Crippen molar-refractivity contribution in [1.29, 1.82) is 0 Å². The third-order valence-corrected chi connectivity index (χ3v) is 6.17. The van der Waals surface area contributed by atoms with Crippen molar-refractivity contribution in [3.63, 3.8) is 0 Å². The van der Waals surface area contributed by atoms with Crippen LogP contribution in [0.4, 0.5) is 27.8 Å². The van der Waals surface area contributed by atoms with E-state index < -0.39 is 46.9 Å². The highest BCUT2D eigenvalue weighted by molar-refractivity contribution is 7.17. The number of halogens is 5. The minimum atomic E-state index is -4.62. The molecule has 1 saturated heterocycles. The highest BCUT2D eigenvalue weighted by atomic mass is 32.1. The summed E-state index contributed by atoms with van der Waals surface area (Å²) in [6.07, 6.45) is -5.38. The molecule has 0 spiro atoms. The second-order valence-corrected chi connectivity index (χ2v) is 8.36. The van der Waals surface area contributed by atoms with E-state index in [4.69, 9.17) is 0 Å². The van der Waals surface area contributed by atoms with Crippen molar-refractivity contribution in [3.8, 4) is 10.4 Å². The third kappa shape index (κ3) is 4.81. The van der Waals surface area contributed by atoms with Gasteiger partial charge in [-0.2, -0.15) is 13.2 Å². The monoisotopic (exact) mass is 478 g/mol. The van der Waals surface area contributed by atoms with Crippen molar-refractivity contribution in [2.75, 3.05) is 11.9 Å². The molecule has 0 saturated carbocycles. The number of thiazole rings is 1. The fourth-order valence-corrected chi connectivity index (χ4v) is 4.26. The maximum absolute atomic E-state index is 13.8. The molecule has 1 unspecified atom stereocenters. The summed E-state index contributed by atoms with van der Waals surface area (Å²) in [6.45, 7) is 3.04. The SMILES string of the molecule is CC(Nc1cc(C(F)F)c(-c2sc(C(=O)O)nc2C(=O)N2CCC[C@@H]2C)cn1)C(F)(F)F. The number of aromatic carboxylic acids is 1. The molecular weight excluding hydrogens is 459 g/mol. The van der Waals surface area contributed by atoms with Crippen LogP contribution in [0, 0.1) is 0 Å². The lowest BCUT2D eigenvalue weighted by Crippen LogP contribution is -2.34. The van der Waals surface area contributed by atoms with E-state index in [2.05, 4.69) is 9.97 Å². The van der Waals surface area contributed by atoms with Gasteiger partial charge in [0.2, 0.25) is 5.01 Å². The van der Waals surface area contributed by atoms with Crippen molar-refractivity contribution in [3.05, 3.63) is 28.5 Å². The zero-order valence-corrected chi connectivity index (χ0v) is 17.7. The molecular formula is C19H19F5N4O3S. The molecule has 3 rings (SSSR count). The number of hydrogen-bond donors (Lipinski definition) is 2. The molecule has 3 heterocycles. The zero-order valence-electron chi connectivity index (χ0n) is 16.9. The van der Waals surface area contributed by atoms with Gasteiger partial charge in [0, 0.05) is 29.9 Å². The highest BCUT2D eigenvalue weighted by Crippen LogP contribution is 2.39. The first kappa shape index (κ1) is 23.8. The number of carboxylic acid groups (broad SMARTS) is 1. The molecule has 0 bridgehead atoms. The first-order chi connectivity index (χ1) is 14.9. The molecule has 1 aliphatic heterocycles. The number of rotatable bonds is 6. The number of hydrogen-bond acceptors (Lipinski definition) is 6. The van der Waals surface area contributed by atoms with E-state index >= 15 is 0 Å². The van der Waals surface area contributed by atoms with Gasteiger partial charge in [-0.15, -0.1) is 11.3 Å². The van der Waals surface area contributed by atoms with Gasteiger partial charge in [-0.1, -0.05) is 0 Å². The number of carbonyl (C=O) groups excluding carboxylic acids is 1. The van der Waals surface area contributed by atoms with Crippen LogP contribution in [0.3, 0.4) is 0 Å². The molecule has 2 atom stereocenters. The average molecular weight is 478 g/mol. The normalized spacial score (nSPS) is 17.6. The first-order valence-electron chi connectivity index (χ1n) is 9.57. The van der Waals surface area contributed by atoms with Gasteiger partial charge in [0.25, 0.3) is 12.3 Å². The lowest BCUT2D eigenvalue weighted by molar-refractivity contribution is -0.138. The van der Waals surface area contributed by atoms with Crippen LogP contribution in [0.1, 0.15) is 59.0 Å². The van der Waals surface area contributed by atoms with Crippen LogP contribution in [0.15, 0.2) is 12.3 Å². The van der Waals surface area contributed by atoms with E-state index in [0.717, 1.165) is 32.0 Å². The van der Waals surface area contributed by atoms with Gasteiger partial charge in [0.15, 0.2) is 0 Å². The van der Waals surface area contributed by atoms with Gasteiger partial charge in [0.1, 0.15) is 17.6 Å². The second-order valence-electron chi connectivity index (χ2n) is 7.36. The van der Waals surface area contributed by atoms with Gasteiger partial charge in [0.05, 0.1) is 4.88 Å². The lowest BCUT2D eigenvalue weighted by atomic mass is 10.1. The number of amides is 1. The number of likely N-dealkylation sites (tertiary alicyclic amines) is 1. The number of pyridine rings is 1. The number of carboxylic acids is 1. The molecule has 2 aromatic heterocycles. The molecule has 1 aliphatic rings. The Hall–Kier alpha value is -2.83. The molecule has 174 valence electrons. The van der Waals surface area contributed by atoms with E-state index in [0.29, 0.717) is 17.9 Å². The van der Waals surface area contributed by atoms with Crippen molar-refractivity contribution >= 4 is 29.0 Å². The van der Waals surface area contributed by atoms with Crippen LogP contribution in [-0.4, -0.2) is 56.7 Å². The largest absolute Gasteiger partial charge is 0.476 e. The summed E-state index contributed by atoms with van der Waals surface area (Å²) < 4.78 is 66.0. The Morgan fingerprint density at radius 1 is 1.34 bits per heavy atom. The van der Waals surface area contributed by atoms with Gasteiger partial charge in [-0.05, 0) is 32.8 Å². The van der Waals surface area contributed by atoms with E-state index in [1.807, 2.05) is 12.2 Å². The Bertz CT molecular complexity index is 1030. The minimum Gasteiger partial charge on any atom is -0.476 e. The Morgan fingerprint density at radius 2 is 2.03 bits per heavy atom. The van der Waals surface area contributed by atoms with Crippen LogP contribution < -0.4 is 5.32 Å². The van der Waals surface area contributed by atoms with Crippen LogP contribution in [0.2, 0.25) is 0 Å². The zero-order chi connectivity index (χ0) is 23.8. The van der Waals surface area contributed by atoms with Crippen molar-refractivity contribution in [2.45, 2.75) is 51.4 Å². The smallest absolute Gasteiger partial charge is 0.408 e. The second kappa shape index (κ2) is 8.96. The number of aromatic nitrogens is 2. The van der Waals surface area contributed by atoms with Gasteiger partial charge >= 0.3 is 12.1 Å². The van der Waals surface area contributed by atoms with Gasteiger partial charge < -0.3 is 15.3 Å². The van der Waals surface area contributed by atoms with Crippen molar-refractivity contribution in [2.24, 2.45) is 0 Å². The number of nitrogens with one attached hydrogen (secondary N) is 1. The maximum Gasteiger partial charge on any atom is 0.408 e. The molecule has 0 aromatic carbocycles. The molecule has 0 aliphatic carbocycles. The molecule has 0 radical (unpaired) electrons. The molecule has 2 aromatic rings. The Labute approximate surface area is 183 Å². The van der Waals surface area contributed by atoms with Crippen LogP contribution in [-0.2, 0) is 0 Å². The number of nitrogens with zero attached hydrogens (tertiary/aromatic N) is 3. The van der Waals surface area contributed by atoms with Crippen LogP contribution in [0.5, 0.6) is 0 Å². The summed E-state index contributed by atoms with van der Waals surface area (Å²) in [5.41, 5.74) is -1.25. The van der Waals surface area contributed by atoms with Crippen LogP contribution in [0.25, 0.3) is 10.4 Å². The average Bonchev–Trinajstić information content (AvgIpc) is 3.33. The Morgan fingerprint density at radius 3 is 2.56 bits per heavy atom. The number of anilines is 1.